The first-order chi connectivity index (χ1) is 39.2. The van der Waals surface area contributed by atoms with Gasteiger partial charge in [0, 0.05) is 123 Å². The van der Waals surface area contributed by atoms with Crippen LogP contribution in [0.1, 0.15) is 84.9 Å². The van der Waals surface area contributed by atoms with Crippen LogP contribution >= 0.6 is 0 Å². The zero-order chi connectivity index (χ0) is 53.9. The molecule has 8 aliphatic rings. The number of amides is 2. The summed E-state index contributed by atoms with van der Waals surface area (Å²) in [6.45, 7) is 7.95. The summed E-state index contributed by atoms with van der Waals surface area (Å²) in [6, 6.07) is 20.8. The summed E-state index contributed by atoms with van der Waals surface area (Å²) < 4.78 is 32.7. The Kier molecular flexibility index (Phi) is 12.5. The van der Waals surface area contributed by atoms with Gasteiger partial charge in [-0.1, -0.05) is 0 Å². The van der Waals surface area contributed by atoms with Gasteiger partial charge in [-0.25, -0.2) is 19.9 Å². The number of methoxy groups -OCH3 is 2. The number of hydrogen-bond donors (Lipinski definition) is 2. The van der Waals surface area contributed by atoms with Crippen molar-refractivity contribution in [2.45, 2.75) is 115 Å². The van der Waals surface area contributed by atoms with Crippen molar-refractivity contribution in [2.24, 2.45) is 47.0 Å². The van der Waals surface area contributed by atoms with E-state index in [0.717, 1.165) is 171 Å². The molecule has 8 atom stereocenters. The van der Waals surface area contributed by atoms with Crippen LogP contribution in [0.15, 0.2) is 73.1 Å². The van der Waals surface area contributed by atoms with Crippen molar-refractivity contribution in [3.63, 3.8) is 0 Å². The maximum absolute atomic E-state index is 13.8. The highest BCUT2D eigenvalue weighted by Crippen LogP contribution is 2.44. The molecule has 0 spiro atoms. The SMILES string of the molecule is COc1cc(C(=O)N2CC3CCC2[C@@H]3N)cc2nc(-c3cc4cccnc4n3CC3CC3)n(C[C@H]3CCOC3)c12.COc1cc(C(=O)N2C[C@H]3CCC2C3N)cc2nc(-c3cc4cccnc4n3CC3CC3)n(C[C@@H]3CCOC3)c12. The van der Waals surface area contributed by atoms with Gasteiger partial charge in [0.25, 0.3) is 11.8 Å². The second-order valence-electron chi connectivity index (χ2n) is 24.5. The zero-order valence-electron chi connectivity index (χ0n) is 45.9. The Balaban J connectivity index is 0.000000138. The number of carbonyl (C=O) groups excluding carboxylic acids is 2. The molecule has 4 saturated carbocycles. The molecule has 0 radical (unpaired) electrons. The van der Waals surface area contributed by atoms with Crippen LogP contribution in [0.3, 0.4) is 0 Å². The van der Waals surface area contributed by atoms with Crippen molar-refractivity contribution in [3.8, 4) is 34.5 Å². The Hall–Kier alpha value is -6.86. The van der Waals surface area contributed by atoms with Gasteiger partial charge in [0.05, 0.1) is 49.9 Å². The molecule has 4 saturated heterocycles. The molecule has 16 rings (SSSR count). The molecule has 6 aromatic heterocycles. The van der Waals surface area contributed by atoms with Gasteiger partial charge >= 0.3 is 0 Å². The Morgan fingerprint density at radius 1 is 0.550 bits per heavy atom. The highest BCUT2D eigenvalue weighted by molar-refractivity contribution is 6.02. The normalized spacial score (nSPS) is 26.0. The van der Waals surface area contributed by atoms with E-state index in [0.29, 0.717) is 58.1 Å². The molecule has 10 heterocycles. The summed E-state index contributed by atoms with van der Waals surface area (Å²) in [5.74, 6) is 6.14. The molecular formula is C62H72N12O6. The van der Waals surface area contributed by atoms with Crippen LogP contribution < -0.4 is 20.9 Å². The summed E-state index contributed by atoms with van der Waals surface area (Å²) in [5, 5.41) is 2.23. The zero-order valence-corrected chi connectivity index (χ0v) is 45.9. The lowest BCUT2D eigenvalue weighted by Gasteiger charge is -2.27. The van der Waals surface area contributed by atoms with Gasteiger partial charge in [0.2, 0.25) is 0 Å². The van der Waals surface area contributed by atoms with Crippen molar-refractivity contribution >= 4 is 55.9 Å². The third-order valence-electron chi connectivity index (χ3n) is 19.3. The monoisotopic (exact) mass is 1080 g/mol. The molecular weight excluding hydrogens is 1010 g/mol. The maximum Gasteiger partial charge on any atom is 0.254 e. The third-order valence-corrected chi connectivity index (χ3v) is 19.3. The number of aromatic nitrogens is 8. The van der Waals surface area contributed by atoms with Gasteiger partial charge in [-0.05, 0) is 149 Å². The number of piperidine rings is 2. The number of nitrogens with two attached hydrogens (primary N) is 2. The summed E-state index contributed by atoms with van der Waals surface area (Å²) in [4.78, 5) is 51.5. The van der Waals surface area contributed by atoms with E-state index in [1.165, 1.54) is 25.7 Å². The van der Waals surface area contributed by atoms with Gasteiger partial charge in [-0.3, -0.25) is 9.59 Å². The summed E-state index contributed by atoms with van der Waals surface area (Å²) in [6.07, 6.45) is 15.0. The molecule has 2 amide bonds. The quantitative estimate of drug-likeness (QED) is 0.106. The molecule has 8 aromatic rings. The smallest absolute Gasteiger partial charge is 0.254 e. The van der Waals surface area contributed by atoms with E-state index in [4.69, 9.17) is 50.4 Å². The predicted octanol–water partition coefficient (Wildman–Crippen LogP) is 8.14. The topological polar surface area (TPSA) is 201 Å². The fourth-order valence-electron chi connectivity index (χ4n) is 14.7. The van der Waals surface area contributed by atoms with E-state index < -0.39 is 0 Å². The second kappa shape index (κ2) is 20.0. The molecule has 80 heavy (non-hydrogen) atoms. The summed E-state index contributed by atoms with van der Waals surface area (Å²) in [7, 11) is 3.36. The van der Waals surface area contributed by atoms with Crippen LogP contribution in [0.5, 0.6) is 11.5 Å². The minimum Gasteiger partial charge on any atom is -0.494 e. The average Bonchev–Trinajstić information content (AvgIpc) is 4.06. The van der Waals surface area contributed by atoms with Gasteiger partial charge in [-0.2, -0.15) is 0 Å². The van der Waals surface area contributed by atoms with E-state index >= 15 is 0 Å². The predicted molar refractivity (Wildman–Crippen MR) is 304 cm³/mol. The van der Waals surface area contributed by atoms with Crippen LogP contribution in [0.2, 0.25) is 0 Å². The third kappa shape index (κ3) is 8.65. The first-order valence-corrected chi connectivity index (χ1v) is 29.5. The number of likely N-dealkylation sites (tertiary alicyclic amines) is 2. The van der Waals surface area contributed by atoms with Gasteiger partial charge in [0.1, 0.15) is 33.8 Å². The first kappa shape index (κ1) is 50.1. The highest BCUT2D eigenvalue weighted by Gasteiger charge is 2.48. The Morgan fingerprint density at radius 3 is 1.35 bits per heavy atom. The number of carbonyl (C=O) groups is 2. The molecule has 8 fully saturated rings. The molecule has 4 aliphatic heterocycles. The average molecular weight is 1080 g/mol. The summed E-state index contributed by atoms with van der Waals surface area (Å²) in [5.41, 5.74) is 21.6. The number of rotatable bonds is 14. The van der Waals surface area contributed by atoms with Gasteiger partial charge in [-0.15, -0.1) is 0 Å². The van der Waals surface area contributed by atoms with Crippen LogP contribution in [0, 0.1) is 35.5 Å². The van der Waals surface area contributed by atoms with E-state index in [-0.39, 0.29) is 36.0 Å². The standard InChI is InChI=1S/2C31H36N6O3/c2*1-39-26-13-22(31(38)36-16-21-6-7-24(36)27(21)32)11-23-28(26)37(15-19-8-10-40-17-19)30(34-23)25-12-20-3-2-9-33-29(20)35(25)14-18-4-5-18/h2*2-3,9,11-13,18-19,21,24,27H,4-8,10,14-17,32H2,1H3/t19-,21?,24?,27-;19-,21+,24?,27?/m10/s1. The molecule has 2 aromatic carbocycles. The van der Waals surface area contributed by atoms with Crippen LogP contribution in [0.4, 0.5) is 0 Å². The second-order valence-corrected chi connectivity index (χ2v) is 24.5. The van der Waals surface area contributed by atoms with Gasteiger partial charge < -0.3 is 58.5 Å². The van der Waals surface area contributed by atoms with Crippen molar-refractivity contribution in [3.05, 3.63) is 84.2 Å². The van der Waals surface area contributed by atoms with Crippen LogP contribution in [-0.4, -0.2) is 138 Å². The maximum atomic E-state index is 13.8. The molecule has 416 valence electrons. The molecule has 4 bridgehead atoms. The molecule has 4 N–H and O–H groups in total. The minimum atomic E-state index is 0.0233. The van der Waals surface area contributed by atoms with Crippen molar-refractivity contribution in [1.82, 2.24) is 48.0 Å². The Bertz CT molecular complexity index is 3470. The van der Waals surface area contributed by atoms with Crippen LogP contribution in [0.25, 0.3) is 67.2 Å². The minimum absolute atomic E-state index is 0.0233. The fraction of sp³-hybridized carbons (Fsp3) is 0.516. The van der Waals surface area contributed by atoms with Crippen molar-refractivity contribution < 1.29 is 28.5 Å². The Morgan fingerprint density at radius 2 is 0.988 bits per heavy atom. The number of imidazole rings is 2. The van der Waals surface area contributed by atoms with Crippen molar-refractivity contribution in [2.75, 3.05) is 53.7 Å². The number of nitrogens with zero attached hydrogens (tertiary/aromatic N) is 10. The van der Waals surface area contributed by atoms with Crippen molar-refractivity contribution in [1.29, 1.82) is 0 Å². The highest BCUT2D eigenvalue weighted by atomic mass is 16.5. The number of benzene rings is 2. The van der Waals surface area contributed by atoms with E-state index in [9.17, 15) is 9.59 Å². The number of fused-ring (bicyclic) bond motifs is 8. The lowest BCUT2D eigenvalue weighted by Crippen LogP contribution is -2.41. The largest absolute Gasteiger partial charge is 0.494 e. The summed E-state index contributed by atoms with van der Waals surface area (Å²) >= 11 is 0. The van der Waals surface area contributed by atoms with E-state index in [1.54, 1.807) is 14.2 Å². The van der Waals surface area contributed by atoms with Crippen LogP contribution in [-0.2, 0) is 35.7 Å². The molecule has 4 unspecified atom stereocenters. The fourth-order valence-corrected chi connectivity index (χ4v) is 14.7. The molecule has 18 nitrogen and oxygen atoms in total. The Labute approximate surface area is 464 Å². The first-order valence-electron chi connectivity index (χ1n) is 29.5. The van der Waals surface area contributed by atoms with Gasteiger partial charge in [0.15, 0.2) is 11.6 Å². The lowest BCUT2D eigenvalue weighted by molar-refractivity contribution is 0.0693. The molecule has 18 heteroatoms. The number of hydrogen-bond acceptors (Lipinski definition) is 12. The number of ether oxygens (including phenoxy) is 4. The lowest BCUT2D eigenvalue weighted by atomic mass is 10.1. The molecule has 4 aliphatic carbocycles. The van der Waals surface area contributed by atoms with E-state index in [2.05, 4.69) is 42.5 Å². The van der Waals surface area contributed by atoms with E-state index in [1.807, 2.05) is 58.6 Å². The number of pyridine rings is 2.